The average molecular weight is 333 g/mol. The van der Waals surface area contributed by atoms with Crippen molar-refractivity contribution in [3.05, 3.63) is 15.8 Å². The number of hydrogen-bond acceptors (Lipinski definition) is 5. The summed E-state index contributed by atoms with van der Waals surface area (Å²) in [4.78, 5) is 0.695. The Morgan fingerprint density at radius 1 is 1.38 bits per heavy atom. The fourth-order valence-electron chi connectivity index (χ4n) is 2.66. The summed E-state index contributed by atoms with van der Waals surface area (Å²) in [7, 11) is -3.57. The number of aryl methyl sites for hydroxylation is 1. The van der Waals surface area contributed by atoms with Crippen molar-refractivity contribution in [3.8, 4) is 0 Å². The Bertz CT molecular complexity index is 547. The molecule has 1 aromatic heterocycles. The molecule has 2 N–H and O–H groups in total. The minimum atomic E-state index is -3.57. The molecule has 1 fully saturated rings. The minimum absolute atomic E-state index is 0.215. The third kappa shape index (κ3) is 4.50. The Balaban J connectivity index is 1.85. The zero-order valence-electron chi connectivity index (χ0n) is 12.3. The normalized spacial score (nSPS) is 17.2. The molecule has 0 unspecified atom stereocenters. The quantitative estimate of drug-likeness (QED) is 0.750. The molecule has 0 amide bonds. The van der Waals surface area contributed by atoms with Gasteiger partial charge in [-0.1, -0.05) is 19.3 Å². The van der Waals surface area contributed by atoms with Gasteiger partial charge in [-0.05, 0) is 30.7 Å². The van der Waals surface area contributed by atoms with Crippen molar-refractivity contribution in [2.24, 2.45) is 0 Å². The van der Waals surface area contributed by atoms with Gasteiger partial charge >= 0.3 is 0 Å². The zero-order valence-corrected chi connectivity index (χ0v) is 13.9. The van der Waals surface area contributed by atoms with Gasteiger partial charge < -0.3 is 9.84 Å². The fraction of sp³-hybridized carbons (Fsp3) is 0.714. The van der Waals surface area contributed by atoms with Crippen LogP contribution in [0.3, 0.4) is 0 Å². The molecule has 1 aromatic rings. The molecule has 0 spiro atoms. The highest BCUT2D eigenvalue weighted by atomic mass is 32.2. The highest BCUT2D eigenvalue weighted by molar-refractivity contribution is 7.89. The van der Waals surface area contributed by atoms with Crippen molar-refractivity contribution in [1.29, 1.82) is 0 Å². The van der Waals surface area contributed by atoms with E-state index in [2.05, 4.69) is 4.72 Å². The molecule has 0 aliphatic heterocycles. The molecule has 1 saturated carbocycles. The first-order valence-corrected chi connectivity index (χ1v) is 9.70. The lowest BCUT2D eigenvalue weighted by atomic mass is 9.98. The van der Waals surface area contributed by atoms with Crippen LogP contribution in [0.15, 0.2) is 10.3 Å². The molecule has 0 bridgehead atoms. The number of sulfonamides is 1. The van der Waals surface area contributed by atoms with Gasteiger partial charge in [-0.15, -0.1) is 11.3 Å². The number of rotatable bonds is 7. The van der Waals surface area contributed by atoms with E-state index in [0.29, 0.717) is 17.0 Å². The summed E-state index contributed by atoms with van der Waals surface area (Å²) in [6.07, 6.45) is 6.10. The van der Waals surface area contributed by atoms with Crippen LogP contribution in [0.5, 0.6) is 0 Å². The first-order valence-electron chi connectivity index (χ1n) is 7.33. The molecule has 7 heteroatoms. The van der Waals surface area contributed by atoms with E-state index in [4.69, 9.17) is 4.74 Å². The predicted octanol–water partition coefficient (Wildman–Crippen LogP) is 2.18. The lowest BCUT2D eigenvalue weighted by molar-refractivity contribution is 0.0321. The molecular formula is C14H23NO4S2. The van der Waals surface area contributed by atoms with Crippen LogP contribution in [-0.4, -0.2) is 32.8 Å². The summed E-state index contributed by atoms with van der Waals surface area (Å²) in [6.45, 7) is 2.14. The maximum atomic E-state index is 12.3. The van der Waals surface area contributed by atoms with Crippen LogP contribution >= 0.6 is 11.3 Å². The van der Waals surface area contributed by atoms with Crippen molar-refractivity contribution in [2.45, 2.75) is 56.6 Å². The number of hydrogen-bond donors (Lipinski definition) is 2. The molecule has 0 atom stereocenters. The largest absolute Gasteiger partial charge is 0.391 e. The Morgan fingerprint density at radius 2 is 2.10 bits per heavy atom. The first-order chi connectivity index (χ1) is 10.0. The van der Waals surface area contributed by atoms with E-state index in [-0.39, 0.29) is 24.2 Å². The van der Waals surface area contributed by atoms with Crippen molar-refractivity contribution in [2.75, 3.05) is 13.2 Å². The van der Waals surface area contributed by atoms with Crippen LogP contribution in [0.4, 0.5) is 0 Å². The number of aliphatic hydroxyl groups excluding tert-OH is 1. The van der Waals surface area contributed by atoms with Crippen LogP contribution in [0, 0.1) is 6.92 Å². The van der Waals surface area contributed by atoms with Crippen molar-refractivity contribution in [3.63, 3.8) is 0 Å². The lowest BCUT2D eigenvalue weighted by Gasteiger charge is -2.22. The van der Waals surface area contributed by atoms with Crippen LogP contribution in [-0.2, 0) is 21.4 Å². The van der Waals surface area contributed by atoms with E-state index in [0.717, 1.165) is 12.8 Å². The SMILES string of the molecule is Cc1csc(CO)c1S(=O)(=O)NCCOC1CCCCC1. The first kappa shape index (κ1) is 16.9. The molecule has 0 radical (unpaired) electrons. The standard InChI is InChI=1S/C14H23NO4S2/c1-11-10-20-13(9-16)14(11)21(17,18)15-7-8-19-12-5-3-2-4-6-12/h10,12,15-16H,2-9H2,1H3. The van der Waals surface area contributed by atoms with Gasteiger partial charge in [0.2, 0.25) is 10.0 Å². The maximum Gasteiger partial charge on any atom is 0.242 e. The van der Waals surface area contributed by atoms with Gasteiger partial charge in [0.15, 0.2) is 0 Å². The van der Waals surface area contributed by atoms with Gasteiger partial charge in [-0.2, -0.15) is 0 Å². The Labute approximate surface area is 130 Å². The Morgan fingerprint density at radius 3 is 2.76 bits per heavy atom. The Kier molecular flexibility index (Phi) is 6.19. The van der Waals surface area contributed by atoms with Gasteiger partial charge in [0.05, 0.1) is 24.2 Å². The molecular weight excluding hydrogens is 310 g/mol. The van der Waals surface area contributed by atoms with Crippen LogP contribution < -0.4 is 4.72 Å². The Hall–Kier alpha value is -0.470. The smallest absolute Gasteiger partial charge is 0.242 e. The predicted molar refractivity (Wildman–Crippen MR) is 83.0 cm³/mol. The molecule has 1 aliphatic carbocycles. The lowest BCUT2D eigenvalue weighted by Crippen LogP contribution is -2.30. The van der Waals surface area contributed by atoms with E-state index in [9.17, 15) is 13.5 Å². The van der Waals surface area contributed by atoms with E-state index in [1.165, 1.54) is 30.6 Å². The topological polar surface area (TPSA) is 75.6 Å². The van der Waals surface area contributed by atoms with E-state index in [1.54, 1.807) is 12.3 Å². The zero-order chi connectivity index (χ0) is 15.3. The number of ether oxygens (including phenoxy) is 1. The number of thiophene rings is 1. The van der Waals surface area contributed by atoms with Gasteiger partial charge in [-0.25, -0.2) is 13.1 Å². The molecule has 1 aliphatic rings. The second kappa shape index (κ2) is 7.69. The van der Waals surface area contributed by atoms with E-state index < -0.39 is 10.0 Å². The summed E-state index contributed by atoms with van der Waals surface area (Å²) in [5.74, 6) is 0. The van der Waals surface area contributed by atoms with E-state index in [1.807, 2.05) is 0 Å². The van der Waals surface area contributed by atoms with Crippen LogP contribution in [0.1, 0.15) is 42.5 Å². The number of nitrogens with one attached hydrogen (secondary N) is 1. The minimum Gasteiger partial charge on any atom is -0.391 e. The van der Waals surface area contributed by atoms with Crippen LogP contribution in [0.25, 0.3) is 0 Å². The van der Waals surface area contributed by atoms with Crippen molar-refractivity contribution in [1.82, 2.24) is 4.72 Å². The van der Waals surface area contributed by atoms with Gasteiger partial charge in [-0.3, -0.25) is 0 Å². The van der Waals surface area contributed by atoms with E-state index >= 15 is 0 Å². The van der Waals surface area contributed by atoms with Crippen molar-refractivity contribution < 1.29 is 18.3 Å². The highest BCUT2D eigenvalue weighted by Gasteiger charge is 2.22. The second-order valence-electron chi connectivity index (χ2n) is 5.36. The second-order valence-corrected chi connectivity index (χ2v) is 8.03. The molecule has 5 nitrogen and oxygen atoms in total. The van der Waals surface area contributed by atoms with Gasteiger partial charge in [0.25, 0.3) is 0 Å². The summed E-state index contributed by atoms with van der Waals surface area (Å²) in [5, 5.41) is 11.0. The molecule has 21 heavy (non-hydrogen) atoms. The third-order valence-corrected chi connectivity index (χ3v) is 6.61. The third-order valence-electron chi connectivity index (χ3n) is 3.70. The summed E-state index contributed by atoms with van der Waals surface area (Å²) >= 11 is 1.26. The van der Waals surface area contributed by atoms with Crippen molar-refractivity contribution >= 4 is 21.4 Å². The van der Waals surface area contributed by atoms with Gasteiger partial charge in [0.1, 0.15) is 4.90 Å². The molecule has 2 rings (SSSR count). The molecule has 0 saturated heterocycles. The maximum absolute atomic E-state index is 12.3. The molecule has 120 valence electrons. The number of aliphatic hydroxyl groups is 1. The molecule has 1 heterocycles. The van der Waals surface area contributed by atoms with Crippen LogP contribution in [0.2, 0.25) is 0 Å². The highest BCUT2D eigenvalue weighted by Crippen LogP contribution is 2.26. The average Bonchev–Trinajstić information content (AvgIpc) is 2.86. The summed E-state index contributed by atoms with van der Waals surface area (Å²) in [5.41, 5.74) is 0.671. The summed E-state index contributed by atoms with van der Waals surface area (Å²) in [6, 6.07) is 0. The monoisotopic (exact) mass is 333 g/mol. The fourth-order valence-corrected chi connectivity index (χ4v) is 5.33. The molecule has 0 aromatic carbocycles. The van der Waals surface area contributed by atoms with Gasteiger partial charge in [0, 0.05) is 6.54 Å². The summed E-state index contributed by atoms with van der Waals surface area (Å²) < 4.78 is 32.8.